The summed E-state index contributed by atoms with van der Waals surface area (Å²) in [4.78, 5) is 14.9. The van der Waals surface area contributed by atoms with Crippen LogP contribution in [0.25, 0.3) is 108 Å². The van der Waals surface area contributed by atoms with Gasteiger partial charge in [0, 0.05) is 75.0 Å². The van der Waals surface area contributed by atoms with Crippen LogP contribution in [0.5, 0.6) is 0 Å². The Morgan fingerprint density at radius 2 is 0.839 bits per heavy atom. The van der Waals surface area contributed by atoms with Crippen molar-refractivity contribution < 1.29 is 0 Å². The summed E-state index contributed by atoms with van der Waals surface area (Å²) in [6.07, 6.45) is 3.70. The highest BCUT2D eigenvalue weighted by molar-refractivity contribution is 7.26. The third-order valence-electron chi connectivity index (χ3n) is 10.7. The molecule has 0 N–H and O–H groups in total. The van der Waals surface area contributed by atoms with Crippen LogP contribution in [0.4, 0.5) is 0 Å². The molecule has 0 fully saturated rings. The number of aromatic nitrogens is 3. The van der Waals surface area contributed by atoms with Crippen LogP contribution in [-0.2, 0) is 0 Å². The quantitative estimate of drug-likeness (QED) is 0.170. The molecule has 0 unspecified atom stereocenters. The van der Waals surface area contributed by atoms with E-state index in [1.165, 1.54) is 62.6 Å². The SMILES string of the molecule is c1cncc(-c2ccccc2-c2nc(-c3ccc(-c4ccc5c(c4)sc4ccccc45)cc3)cc(-c3ccc(-c4ccc5sc6ccccc6c5c4)cc3)n2)c1. The number of rotatable bonds is 6. The lowest BCUT2D eigenvalue weighted by atomic mass is 9.98. The van der Waals surface area contributed by atoms with E-state index in [2.05, 4.69) is 175 Å². The highest BCUT2D eigenvalue weighted by Crippen LogP contribution is 2.39. The molecule has 11 rings (SSSR count). The van der Waals surface area contributed by atoms with E-state index < -0.39 is 0 Å². The predicted octanol–water partition coefficient (Wildman–Crippen LogP) is 14.6. The number of hydrogen-bond donors (Lipinski definition) is 0. The van der Waals surface area contributed by atoms with Gasteiger partial charge in [-0.05, 0) is 70.3 Å². The number of pyridine rings is 1. The zero-order valence-electron chi connectivity index (χ0n) is 30.1. The monoisotopic (exact) mass is 749 g/mol. The molecule has 0 aliphatic heterocycles. The molecule has 0 atom stereocenters. The summed E-state index contributed by atoms with van der Waals surface area (Å²) in [5.41, 5.74) is 11.6. The summed E-state index contributed by atoms with van der Waals surface area (Å²) in [6.45, 7) is 0. The van der Waals surface area contributed by atoms with E-state index in [0.717, 1.165) is 39.2 Å². The average Bonchev–Trinajstić information content (AvgIpc) is 3.84. The van der Waals surface area contributed by atoms with Gasteiger partial charge in [0.1, 0.15) is 0 Å². The van der Waals surface area contributed by atoms with Crippen molar-refractivity contribution in [1.82, 2.24) is 15.0 Å². The molecule has 0 amide bonds. The Hall–Kier alpha value is -6.79. The first-order chi connectivity index (χ1) is 27.7. The van der Waals surface area contributed by atoms with Crippen molar-refractivity contribution in [3.63, 3.8) is 0 Å². The molecule has 4 aromatic heterocycles. The lowest BCUT2D eigenvalue weighted by molar-refractivity contribution is 1.18. The van der Waals surface area contributed by atoms with E-state index in [0.29, 0.717) is 5.82 Å². The zero-order chi connectivity index (χ0) is 37.0. The molecule has 11 aromatic rings. The Morgan fingerprint density at radius 3 is 1.52 bits per heavy atom. The van der Waals surface area contributed by atoms with Crippen LogP contribution >= 0.6 is 22.7 Å². The number of thiophene rings is 2. The molecular weight excluding hydrogens is 719 g/mol. The lowest BCUT2D eigenvalue weighted by Gasteiger charge is -2.13. The highest BCUT2D eigenvalue weighted by Gasteiger charge is 2.16. The van der Waals surface area contributed by atoms with Crippen LogP contribution in [0, 0.1) is 0 Å². The molecule has 0 saturated heterocycles. The van der Waals surface area contributed by atoms with Crippen molar-refractivity contribution in [2.75, 3.05) is 0 Å². The fourth-order valence-corrected chi connectivity index (χ4v) is 10.0. The third kappa shape index (κ3) is 5.77. The van der Waals surface area contributed by atoms with Crippen molar-refractivity contribution >= 4 is 63.0 Å². The molecular formula is C51H31N3S2. The molecule has 0 aliphatic carbocycles. The average molecular weight is 750 g/mol. The maximum absolute atomic E-state index is 5.24. The van der Waals surface area contributed by atoms with Gasteiger partial charge in [0.05, 0.1) is 11.4 Å². The Kier molecular flexibility index (Phi) is 7.87. The largest absolute Gasteiger partial charge is 0.264 e. The topological polar surface area (TPSA) is 38.7 Å². The zero-order valence-corrected chi connectivity index (χ0v) is 31.7. The van der Waals surface area contributed by atoms with E-state index in [-0.39, 0.29) is 0 Å². The van der Waals surface area contributed by atoms with Gasteiger partial charge in [-0.25, -0.2) is 9.97 Å². The first-order valence-electron chi connectivity index (χ1n) is 18.6. The predicted molar refractivity (Wildman–Crippen MR) is 238 cm³/mol. The number of hydrogen-bond acceptors (Lipinski definition) is 5. The normalized spacial score (nSPS) is 11.6. The molecule has 0 radical (unpaired) electrons. The maximum Gasteiger partial charge on any atom is 0.161 e. The van der Waals surface area contributed by atoms with Crippen LogP contribution in [0.1, 0.15) is 0 Å². The second-order valence-corrected chi connectivity index (χ2v) is 16.2. The van der Waals surface area contributed by atoms with Crippen LogP contribution in [0.2, 0.25) is 0 Å². The molecule has 0 aliphatic rings. The molecule has 7 aromatic carbocycles. The van der Waals surface area contributed by atoms with E-state index in [4.69, 9.17) is 9.97 Å². The highest BCUT2D eigenvalue weighted by atomic mass is 32.1. The Balaban J connectivity index is 0.992. The molecule has 4 heterocycles. The van der Waals surface area contributed by atoms with Crippen molar-refractivity contribution in [3.8, 4) is 67.3 Å². The number of benzene rings is 7. The minimum absolute atomic E-state index is 0.676. The van der Waals surface area contributed by atoms with Gasteiger partial charge >= 0.3 is 0 Å². The van der Waals surface area contributed by atoms with E-state index >= 15 is 0 Å². The van der Waals surface area contributed by atoms with Crippen molar-refractivity contribution in [2.24, 2.45) is 0 Å². The van der Waals surface area contributed by atoms with Gasteiger partial charge in [-0.1, -0.05) is 133 Å². The van der Waals surface area contributed by atoms with E-state index in [1.54, 1.807) is 6.20 Å². The second kappa shape index (κ2) is 13.5. The van der Waals surface area contributed by atoms with Gasteiger partial charge in [0.25, 0.3) is 0 Å². The Labute approximate surface area is 331 Å². The number of fused-ring (bicyclic) bond motifs is 6. The molecule has 0 bridgehead atoms. The van der Waals surface area contributed by atoms with Gasteiger partial charge in [-0.2, -0.15) is 0 Å². The number of nitrogens with zero attached hydrogens (tertiary/aromatic N) is 3. The van der Waals surface area contributed by atoms with Crippen molar-refractivity contribution in [1.29, 1.82) is 0 Å². The molecule has 0 spiro atoms. The van der Waals surface area contributed by atoms with Gasteiger partial charge < -0.3 is 0 Å². The van der Waals surface area contributed by atoms with Gasteiger partial charge in [-0.15, -0.1) is 22.7 Å². The van der Waals surface area contributed by atoms with E-state index in [1.807, 2.05) is 34.9 Å². The van der Waals surface area contributed by atoms with Crippen LogP contribution in [-0.4, -0.2) is 15.0 Å². The Morgan fingerprint density at radius 1 is 0.321 bits per heavy atom. The molecule has 0 saturated carbocycles. The minimum atomic E-state index is 0.676. The standard InChI is InChI=1S/C51H31N3S2/c1-2-12-43(39(9-1)38-8-7-27-52-31-38)51-53-45(34-19-15-32(16-20-34)36-24-26-49-44(28-36)41-11-4-6-14-48(41)55-49)30-46(54-51)35-21-17-33(18-22-35)37-23-25-42-40-10-3-5-13-47(40)56-50(42)29-37/h1-31H. The van der Waals surface area contributed by atoms with Crippen LogP contribution in [0.3, 0.4) is 0 Å². The molecule has 5 heteroatoms. The van der Waals surface area contributed by atoms with Crippen LogP contribution in [0.15, 0.2) is 188 Å². The summed E-state index contributed by atoms with van der Waals surface area (Å²) in [6, 6.07) is 63.0. The molecule has 56 heavy (non-hydrogen) atoms. The van der Waals surface area contributed by atoms with E-state index in [9.17, 15) is 0 Å². The smallest absolute Gasteiger partial charge is 0.161 e. The van der Waals surface area contributed by atoms with Gasteiger partial charge in [-0.3, -0.25) is 4.98 Å². The van der Waals surface area contributed by atoms with Crippen molar-refractivity contribution in [3.05, 3.63) is 188 Å². The van der Waals surface area contributed by atoms with Crippen molar-refractivity contribution in [2.45, 2.75) is 0 Å². The summed E-state index contributed by atoms with van der Waals surface area (Å²) in [5, 5.41) is 5.24. The molecule has 262 valence electrons. The first kappa shape index (κ1) is 32.6. The van der Waals surface area contributed by atoms with Gasteiger partial charge in [0.2, 0.25) is 0 Å². The summed E-state index contributed by atoms with van der Waals surface area (Å²) >= 11 is 3.70. The fraction of sp³-hybridized carbons (Fsp3) is 0. The summed E-state index contributed by atoms with van der Waals surface area (Å²) in [7, 11) is 0. The molecule has 3 nitrogen and oxygen atoms in total. The second-order valence-electron chi connectivity index (χ2n) is 14.0. The first-order valence-corrected chi connectivity index (χ1v) is 20.3. The fourth-order valence-electron chi connectivity index (χ4n) is 7.79. The van der Waals surface area contributed by atoms with Gasteiger partial charge in [0.15, 0.2) is 5.82 Å². The summed E-state index contributed by atoms with van der Waals surface area (Å²) < 4.78 is 5.25. The summed E-state index contributed by atoms with van der Waals surface area (Å²) in [5.74, 6) is 0.676. The van der Waals surface area contributed by atoms with Crippen LogP contribution < -0.4 is 0 Å². The lowest BCUT2D eigenvalue weighted by Crippen LogP contribution is -1.97. The third-order valence-corrected chi connectivity index (χ3v) is 12.9. The maximum atomic E-state index is 5.24. The minimum Gasteiger partial charge on any atom is -0.264 e. The Bertz CT molecular complexity index is 3230.